The number of alkyl halides is 3. The molecular weight excluding hydrogens is 277 g/mol. The molecule has 2 aromatic carbocycles. The van der Waals surface area contributed by atoms with Crippen LogP contribution in [0.1, 0.15) is 29.2 Å². The highest BCUT2D eigenvalue weighted by atomic mass is 19.4. The summed E-state index contributed by atoms with van der Waals surface area (Å²) in [6, 6.07) is 14.8. The van der Waals surface area contributed by atoms with Crippen LogP contribution in [-0.2, 0) is 12.6 Å². The molecule has 0 heterocycles. The van der Waals surface area contributed by atoms with Crippen LogP contribution in [0.4, 0.5) is 13.2 Å². The van der Waals surface area contributed by atoms with Crippen molar-refractivity contribution in [2.75, 3.05) is 0 Å². The highest BCUT2D eigenvalue weighted by molar-refractivity contribution is 5.27. The smallest absolute Gasteiger partial charge is 0.271 e. The molecule has 3 N–H and O–H groups in total. The van der Waals surface area contributed by atoms with Gasteiger partial charge in [-0.3, -0.25) is 11.3 Å². The Hall–Kier alpha value is -1.85. The molecule has 1 unspecified atom stereocenters. The summed E-state index contributed by atoms with van der Waals surface area (Å²) in [6.07, 6.45) is -2.79. The first kappa shape index (κ1) is 15.5. The summed E-state index contributed by atoms with van der Waals surface area (Å²) in [5.74, 6) is 5.52. The quantitative estimate of drug-likeness (QED) is 0.649. The van der Waals surface area contributed by atoms with E-state index in [4.69, 9.17) is 5.84 Å². The van der Waals surface area contributed by atoms with Crippen LogP contribution < -0.4 is 11.3 Å². The molecular formula is C16H17F3N2. The Morgan fingerprint density at radius 2 is 1.57 bits per heavy atom. The van der Waals surface area contributed by atoms with Crippen LogP contribution in [0.25, 0.3) is 0 Å². The van der Waals surface area contributed by atoms with E-state index in [1.807, 2.05) is 30.3 Å². The minimum Gasteiger partial charge on any atom is -0.271 e. The van der Waals surface area contributed by atoms with Crippen LogP contribution in [0, 0.1) is 0 Å². The van der Waals surface area contributed by atoms with Gasteiger partial charge in [0.2, 0.25) is 0 Å². The zero-order valence-electron chi connectivity index (χ0n) is 11.4. The molecule has 0 aliphatic carbocycles. The van der Waals surface area contributed by atoms with E-state index in [-0.39, 0.29) is 6.04 Å². The molecule has 2 aromatic rings. The SMILES string of the molecule is NNC(CCc1ccccc1)c1ccc(C(F)(F)F)cc1. The van der Waals surface area contributed by atoms with E-state index in [0.717, 1.165) is 24.1 Å². The first-order valence-electron chi connectivity index (χ1n) is 6.68. The maximum Gasteiger partial charge on any atom is 0.416 e. The lowest BCUT2D eigenvalue weighted by atomic mass is 9.98. The third kappa shape index (κ3) is 4.31. The first-order valence-corrected chi connectivity index (χ1v) is 6.68. The van der Waals surface area contributed by atoms with Gasteiger partial charge in [0.15, 0.2) is 0 Å². The maximum atomic E-state index is 12.5. The first-order chi connectivity index (χ1) is 10.0. The van der Waals surface area contributed by atoms with Gasteiger partial charge in [0.1, 0.15) is 0 Å². The Morgan fingerprint density at radius 1 is 0.952 bits per heavy atom. The molecule has 0 bridgehead atoms. The number of aryl methyl sites for hydroxylation is 1. The van der Waals surface area contributed by atoms with Gasteiger partial charge in [-0.2, -0.15) is 13.2 Å². The average molecular weight is 294 g/mol. The fourth-order valence-corrected chi connectivity index (χ4v) is 2.21. The molecule has 0 saturated heterocycles. The summed E-state index contributed by atoms with van der Waals surface area (Å²) in [4.78, 5) is 0. The fraction of sp³-hybridized carbons (Fsp3) is 0.250. The minimum absolute atomic E-state index is 0.174. The van der Waals surface area contributed by atoms with E-state index >= 15 is 0 Å². The summed E-state index contributed by atoms with van der Waals surface area (Å²) in [7, 11) is 0. The van der Waals surface area contributed by atoms with Crippen LogP contribution in [0.3, 0.4) is 0 Å². The minimum atomic E-state index is -4.31. The number of hydrazine groups is 1. The Bertz CT molecular complexity index is 550. The van der Waals surface area contributed by atoms with E-state index < -0.39 is 11.7 Å². The number of nitrogens with one attached hydrogen (secondary N) is 1. The highest BCUT2D eigenvalue weighted by Crippen LogP contribution is 2.30. The monoisotopic (exact) mass is 294 g/mol. The van der Waals surface area contributed by atoms with Crippen molar-refractivity contribution in [3.63, 3.8) is 0 Å². The van der Waals surface area contributed by atoms with Gasteiger partial charge < -0.3 is 0 Å². The van der Waals surface area contributed by atoms with Crippen LogP contribution in [0.2, 0.25) is 0 Å². The number of nitrogens with two attached hydrogens (primary N) is 1. The zero-order chi connectivity index (χ0) is 15.3. The van der Waals surface area contributed by atoms with Crippen molar-refractivity contribution in [1.82, 2.24) is 5.43 Å². The molecule has 0 aliphatic rings. The van der Waals surface area contributed by atoms with Crippen LogP contribution >= 0.6 is 0 Å². The number of benzene rings is 2. The second kappa shape index (κ2) is 6.74. The van der Waals surface area contributed by atoms with Crippen LogP contribution in [0.15, 0.2) is 54.6 Å². The molecule has 2 rings (SSSR count). The number of rotatable bonds is 5. The van der Waals surface area contributed by atoms with Crippen molar-refractivity contribution in [1.29, 1.82) is 0 Å². The van der Waals surface area contributed by atoms with Gasteiger partial charge in [-0.1, -0.05) is 42.5 Å². The van der Waals surface area contributed by atoms with E-state index in [2.05, 4.69) is 5.43 Å². The molecule has 2 nitrogen and oxygen atoms in total. The van der Waals surface area contributed by atoms with Crippen molar-refractivity contribution >= 4 is 0 Å². The molecule has 1 atom stereocenters. The molecule has 0 spiro atoms. The Labute approximate surface area is 121 Å². The summed E-state index contributed by atoms with van der Waals surface area (Å²) >= 11 is 0. The van der Waals surface area contributed by atoms with Crippen molar-refractivity contribution in [3.8, 4) is 0 Å². The van der Waals surface area contributed by atoms with Gasteiger partial charge in [0.25, 0.3) is 0 Å². The third-order valence-corrected chi connectivity index (χ3v) is 3.41. The van der Waals surface area contributed by atoms with Gasteiger partial charge in [0.05, 0.1) is 5.56 Å². The lowest BCUT2D eigenvalue weighted by molar-refractivity contribution is -0.137. The fourth-order valence-electron chi connectivity index (χ4n) is 2.21. The van der Waals surface area contributed by atoms with Crippen LogP contribution in [-0.4, -0.2) is 0 Å². The van der Waals surface area contributed by atoms with Crippen molar-refractivity contribution in [2.45, 2.75) is 25.1 Å². The molecule has 5 heteroatoms. The molecule has 21 heavy (non-hydrogen) atoms. The van der Waals surface area contributed by atoms with Crippen molar-refractivity contribution in [3.05, 3.63) is 71.3 Å². The molecule has 0 amide bonds. The lowest BCUT2D eigenvalue weighted by Crippen LogP contribution is -2.28. The number of hydrogen-bond acceptors (Lipinski definition) is 2. The van der Waals surface area contributed by atoms with E-state index in [1.165, 1.54) is 17.7 Å². The molecule has 112 valence electrons. The second-order valence-corrected chi connectivity index (χ2v) is 4.86. The number of hydrogen-bond donors (Lipinski definition) is 2. The average Bonchev–Trinajstić information content (AvgIpc) is 2.48. The lowest BCUT2D eigenvalue weighted by Gasteiger charge is -2.17. The van der Waals surface area contributed by atoms with Crippen molar-refractivity contribution in [2.24, 2.45) is 5.84 Å². The number of halogens is 3. The summed E-state index contributed by atoms with van der Waals surface area (Å²) in [5.41, 5.74) is 3.94. The summed E-state index contributed by atoms with van der Waals surface area (Å²) in [6.45, 7) is 0. The predicted molar refractivity (Wildman–Crippen MR) is 76.3 cm³/mol. The molecule has 0 aromatic heterocycles. The second-order valence-electron chi connectivity index (χ2n) is 4.86. The maximum absolute atomic E-state index is 12.5. The van der Waals surface area contributed by atoms with E-state index in [9.17, 15) is 13.2 Å². The molecule has 0 fully saturated rings. The Kier molecular flexibility index (Phi) is 4.98. The standard InChI is InChI=1S/C16H17F3N2/c17-16(18,19)14-9-7-13(8-10-14)15(21-20)11-6-12-4-2-1-3-5-12/h1-5,7-10,15,21H,6,11,20H2. The Morgan fingerprint density at radius 3 is 2.10 bits per heavy atom. The van der Waals surface area contributed by atoms with E-state index in [0.29, 0.717) is 6.42 Å². The van der Waals surface area contributed by atoms with Gasteiger partial charge in [-0.25, -0.2) is 0 Å². The van der Waals surface area contributed by atoms with Gasteiger partial charge in [-0.05, 0) is 36.1 Å². The van der Waals surface area contributed by atoms with Crippen molar-refractivity contribution < 1.29 is 13.2 Å². The molecule has 0 saturated carbocycles. The summed E-state index contributed by atoms with van der Waals surface area (Å²) in [5, 5.41) is 0. The topological polar surface area (TPSA) is 38.0 Å². The van der Waals surface area contributed by atoms with Gasteiger partial charge >= 0.3 is 6.18 Å². The third-order valence-electron chi connectivity index (χ3n) is 3.41. The summed E-state index contributed by atoms with van der Waals surface area (Å²) < 4.78 is 37.6. The van der Waals surface area contributed by atoms with Gasteiger partial charge in [-0.15, -0.1) is 0 Å². The largest absolute Gasteiger partial charge is 0.416 e. The molecule has 0 radical (unpaired) electrons. The highest BCUT2D eigenvalue weighted by Gasteiger charge is 2.30. The van der Waals surface area contributed by atoms with Crippen LogP contribution in [0.5, 0.6) is 0 Å². The Balaban J connectivity index is 2.04. The van der Waals surface area contributed by atoms with Gasteiger partial charge in [0, 0.05) is 6.04 Å². The normalized spacial score (nSPS) is 13.1. The van der Waals surface area contributed by atoms with E-state index in [1.54, 1.807) is 0 Å². The molecule has 0 aliphatic heterocycles. The zero-order valence-corrected chi connectivity index (χ0v) is 11.4. The predicted octanol–water partition coefficient (Wildman–Crippen LogP) is 3.84.